The first-order chi connectivity index (χ1) is 0. The van der Waals surface area contributed by atoms with Crippen LogP contribution in [0.15, 0.2) is 0 Å². The Hall–Kier alpha value is 2.61. The smallest absolute Gasteiger partial charge is 0 e. The van der Waals surface area contributed by atoms with Gasteiger partial charge in [0.05, 0.1) is 0 Å². The fourth-order valence-electron chi connectivity index (χ4n) is 0. The predicted octanol–water partition coefficient (Wildman–Crippen LogP) is -0.0100. The molecule has 0 aromatic rings. The van der Waals surface area contributed by atoms with Crippen LogP contribution >= 0.6 is 0 Å². The van der Waals surface area contributed by atoms with E-state index in [0.717, 1.165) is 0 Å². The summed E-state index contributed by atoms with van der Waals surface area (Å²) in [6.07, 6.45) is 0. The van der Waals surface area contributed by atoms with Gasteiger partial charge >= 0.3 is 0 Å². The second kappa shape index (κ2) is 17.5. The van der Waals surface area contributed by atoms with Gasteiger partial charge in [0.1, 0.15) is 0 Å². The molecule has 0 aromatic carbocycles. The molecular formula is IrRu2Ti. The van der Waals surface area contributed by atoms with Crippen molar-refractivity contribution < 1.29 is 80.8 Å². The van der Waals surface area contributed by atoms with Crippen molar-refractivity contribution in [1.29, 1.82) is 0 Å². The maximum atomic E-state index is 0. The van der Waals surface area contributed by atoms with Crippen molar-refractivity contribution in [3.8, 4) is 0 Å². The SMILES string of the molecule is [Ir].[Ru].[Ru].[Ti]. The summed E-state index contributed by atoms with van der Waals surface area (Å²) in [5.74, 6) is 0. The first-order valence-corrected chi connectivity index (χ1v) is 0. The summed E-state index contributed by atoms with van der Waals surface area (Å²) in [7, 11) is 0. The van der Waals surface area contributed by atoms with Crippen LogP contribution in [-0.4, -0.2) is 0 Å². The van der Waals surface area contributed by atoms with Crippen molar-refractivity contribution in [3.63, 3.8) is 0 Å². The molecule has 0 heterocycles. The Labute approximate surface area is 79.6 Å². The van der Waals surface area contributed by atoms with Gasteiger partial charge in [0.15, 0.2) is 0 Å². The molecule has 0 rings (SSSR count). The van der Waals surface area contributed by atoms with Gasteiger partial charge in [-0.15, -0.1) is 0 Å². The zero-order valence-electron chi connectivity index (χ0n) is 1.54. The molecule has 0 aliphatic heterocycles. The van der Waals surface area contributed by atoms with Crippen molar-refractivity contribution in [1.82, 2.24) is 0 Å². The standard InChI is InChI=1S/Ir.2Ru.Ti. The van der Waals surface area contributed by atoms with Crippen LogP contribution < -0.4 is 0 Å². The van der Waals surface area contributed by atoms with Crippen molar-refractivity contribution in [2.45, 2.75) is 0 Å². The van der Waals surface area contributed by atoms with Crippen LogP contribution in [0.4, 0.5) is 0 Å². The van der Waals surface area contributed by atoms with E-state index in [1.54, 1.807) is 0 Å². The average Bonchev–Trinajstić information content (AvgIpc) is 0. The Morgan fingerprint density at radius 3 is 0.750 bits per heavy atom. The second-order valence-corrected chi connectivity index (χ2v) is 0. The molecule has 0 saturated heterocycles. The minimum atomic E-state index is 0. The van der Waals surface area contributed by atoms with Crippen molar-refractivity contribution in [2.24, 2.45) is 0 Å². The van der Waals surface area contributed by atoms with Crippen LogP contribution in [0.2, 0.25) is 0 Å². The zero-order chi connectivity index (χ0) is 0. The summed E-state index contributed by atoms with van der Waals surface area (Å²) < 4.78 is 0. The van der Waals surface area contributed by atoms with Crippen LogP contribution in [-0.2, 0) is 80.8 Å². The van der Waals surface area contributed by atoms with Gasteiger partial charge in [-0.05, 0) is 0 Å². The molecule has 4 heteroatoms. The summed E-state index contributed by atoms with van der Waals surface area (Å²) >= 11 is 0. The van der Waals surface area contributed by atoms with Crippen molar-refractivity contribution in [3.05, 3.63) is 0 Å². The maximum absolute atomic E-state index is 0. The van der Waals surface area contributed by atoms with Gasteiger partial charge in [-0.25, -0.2) is 0 Å². The van der Waals surface area contributed by atoms with E-state index in [2.05, 4.69) is 0 Å². The third-order valence-electron chi connectivity index (χ3n) is 0. The van der Waals surface area contributed by atoms with Crippen LogP contribution in [0, 0.1) is 0 Å². The molecule has 0 aliphatic rings. The van der Waals surface area contributed by atoms with Crippen molar-refractivity contribution >= 4 is 0 Å². The van der Waals surface area contributed by atoms with Crippen LogP contribution in [0.25, 0.3) is 0 Å². The van der Waals surface area contributed by atoms with Crippen molar-refractivity contribution in [2.75, 3.05) is 0 Å². The summed E-state index contributed by atoms with van der Waals surface area (Å²) in [6.45, 7) is 0. The first-order valence-electron chi connectivity index (χ1n) is 0. The molecule has 0 spiro atoms. The minimum absolute atomic E-state index is 0. The molecule has 0 atom stereocenters. The number of rotatable bonds is 0. The Morgan fingerprint density at radius 1 is 0.750 bits per heavy atom. The summed E-state index contributed by atoms with van der Waals surface area (Å²) in [4.78, 5) is 0. The molecule has 0 amide bonds. The molecule has 0 fully saturated rings. The Balaban J connectivity index is 0. The molecule has 0 aromatic heterocycles. The van der Waals surface area contributed by atoms with Crippen LogP contribution in [0.3, 0.4) is 0 Å². The largest absolute Gasteiger partial charge is 0 e. The minimum Gasteiger partial charge on any atom is 0 e. The molecule has 1 radical (unpaired) electrons. The summed E-state index contributed by atoms with van der Waals surface area (Å²) in [5.41, 5.74) is 0. The van der Waals surface area contributed by atoms with E-state index in [4.69, 9.17) is 0 Å². The van der Waals surface area contributed by atoms with Gasteiger partial charge < -0.3 is 0 Å². The zero-order valence-corrected chi connectivity index (χ0v) is 8.97. The monoisotopic (exact) mass is 445 g/mol. The molecule has 0 saturated carbocycles. The molecule has 0 nitrogen and oxygen atoms in total. The summed E-state index contributed by atoms with van der Waals surface area (Å²) in [5, 5.41) is 0. The van der Waals surface area contributed by atoms with E-state index in [-0.39, 0.29) is 80.8 Å². The van der Waals surface area contributed by atoms with E-state index in [1.807, 2.05) is 0 Å². The van der Waals surface area contributed by atoms with Gasteiger partial charge in [0, 0.05) is 80.8 Å². The Kier molecular flexibility index (Phi) is 134. The quantitative estimate of drug-likeness (QED) is 0.464. The predicted molar refractivity (Wildman–Crippen MR) is 0 cm³/mol. The van der Waals surface area contributed by atoms with Gasteiger partial charge in [0.25, 0.3) is 0 Å². The molecule has 0 N–H and O–H groups in total. The molecule has 4 heavy (non-hydrogen) atoms. The van der Waals surface area contributed by atoms with E-state index >= 15 is 0 Å². The third kappa shape index (κ3) is 8.82. The van der Waals surface area contributed by atoms with E-state index in [1.165, 1.54) is 0 Å². The van der Waals surface area contributed by atoms with E-state index in [0.29, 0.717) is 0 Å². The maximum Gasteiger partial charge on any atom is 0 e. The average molecular weight is 442 g/mol. The van der Waals surface area contributed by atoms with Gasteiger partial charge in [-0.1, -0.05) is 0 Å². The van der Waals surface area contributed by atoms with E-state index in [9.17, 15) is 0 Å². The number of hydrogen-bond donors (Lipinski definition) is 0. The van der Waals surface area contributed by atoms with Gasteiger partial charge in [0.2, 0.25) is 0 Å². The fourth-order valence-corrected chi connectivity index (χ4v) is 0. The van der Waals surface area contributed by atoms with Gasteiger partial charge in [-0.3, -0.25) is 0 Å². The topological polar surface area (TPSA) is 0 Å². The second-order valence-electron chi connectivity index (χ2n) is 0. The normalized spacial score (nSPS) is 0. The van der Waals surface area contributed by atoms with Crippen LogP contribution in [0.1, 0.15) is 0 Å². The van der Waals surface area contributed by atoms with E-state index < -0.39 is 0 Å². The Bertz CT molecular complexity index is 6.00. The third-order valence-corrected chi connectivity index (χ3v) is 0. The Morgan fingerprint density at radius 2 is 0.750 bits per heavy atom. The molecule has 29 valence electrons. The fraction of sp³-hybridized carbons (Fsp3) is 0. The molecule has 0 bridgehead atoms. The molecule has 0 aliphatic carbocycles. The summed E-state index contributed by atoms with van der Waals surface area (Å²) in [6, 6.07) is 0. The van der Waals surface area contributed by atoms with Gasteiger partial charge in [-0.2, -0.15) is 0 Å². The molecule has 0 unspecified atom stereocenters. The first kappa shape index (κ1) is 30.5. The molecular weight excluding hydrogens is 442 g/mol. The number of hydrogen-bond acceptors (Lipinski definition) is 0. The van der Waals surface area contributed by atoms with Crippen LogP contribution in [0.5, 0.6) is 0 Å².